The molecule has 2 aromatic carbocycles. The van der Waals surface area contributed by atoms with Gasteiger partial charge in [0.1, 0.15) is 24.8 Å². The number of carbonyl (C=O) groups excluding carboxylic acids is 1. The predicted molar refractivity (Wildman–Crippen MR) is 123 cm³/mol. The second kappa shape index (κ2) is 9.07. The Bertz CT molecular complexity index is 1310. The molecule has 0 amide bonds. The second-order valence-electron chi connectivity index (χ2n) is 7.93. The molecule has 33 heavy (non-hydrogen) atoms. The van der Waals surface area contributed by atoms with Crippen molar-refractivity contribution in [2.24, 2.45) is 0 Å². The molecule has 0 atom stereocenters. The normalized spacial score (nSPS) is 13.2. The van der Waals surface area contributed by atoms with Crippen LogP contribution >= 0.6 is 0 Å². The zero-order chi connectivity index (χ0) is 22.8. The number of fused-ring (bicyclic) bond motifs is 3. The van der Waals surface area contributed by atoms with Crippen LogP contribution in [0.15, 0.2) is 48.5 Å². The molecule has 170 valence electrons. The maximum absolute atomic E-state index is 12.6. The van der Waals surface area contributed by atoms with Crippen LogP contribution in [0.5, 0.6) is 5.75 Å². The maximum atomic E-state index is 12.6. The lowest BCUT2D eigenvalue weighted by Gasteiger charge is -2.14. The molecule has 5 rings (SSSR count). The standard InChI is InChI=1S/C25H26N4O4/c1-3-29-18(13-20(27-29)19-6-4-5-7-23(19)31-2)14-25(30)33-15-17-8-9-22-21(12-17)26-24-16-32-11-10-28(22)24/h4-9,12-13H,3,10-11,14-16H2,1-2H3. The van der Waals surface area contributed by atoms with E-state index in [2.05, 4.69) is 14.6 Å². The van der Waals surface area contributed by atoms with Crippen LogP contribution < -0.4 is 4.74 Å². The Morgan fingerprint density at radius 3 is 2.91 bits per heavy atom. The summed E-state index contributed by atoms with van der Waals surface area (Å²) in [6.07, 6.45) is 0.147. The third kappa shape index (κ3) is 4.21. The summed E-state index contributed by atoms with van der Waals surface area (Å²) in [7, 11) is 1.64. The first kappa shape index (κ1) is 21.2. The summed E-state index contributed by atoms with van der Waals surface area (Å²) in [4.78, 5) is 17.3. The summed E-state index contributed by atoms with van der Waals surface area (Å²) >= 11 is 0. The summed E-state index contributed by atoms with van der Waals surface area (Å²) < 4.78 is 20.5. The van der Waals surface area contributed by atoms with E-state index >= 15 is 0 Å². The molecular weight excluding hydrogens is 420 g/mol. The van der Waals surface area contributed by atoms with Gasteiger partial charge in [0, 0.05) is 18.7 Å². The van der Waals surface area contributed by atoms with Crippen molar-refractivity contribution in [3.8, 4) is 17.0 Å². The maximum Gasteiger partial charge on any atom is 0.312 e. The molecule has 1 aliphatic heterocycles. The molecule has 0 saturated heterocycles. The summed E-state index contributed by atoms with van der Waals surface area (Å²) in [5.41, 5.74) is 5.36. The van der Waals surface area contributed by atoms with Gasteiger partial charge in [-0.1, -0.05) is 18.2 Å². The van der Waals surface area contributed by atoms with Crippen molar-refractivity contribution < 1.29 is 19.0 Å². The number of aromatic nitrogens is 4. The molecule has 0 bridgehead atoms. The number of para-hydroxylation sites is 1. The fraction of sp³-hybridized carbons (Fsp3) is 0.320. The molecule has 2 aromatic heterocycles. The summed E-state index contributed by atoms with van der Waals surface area (Å²) in [6, 6.07) is 15.6. The van der Waals surface area contributed by atoms with Crippen LogP contribution in [0.2, 0.25) is 0 Å². The first-order valence-electron chi connectivity index (χ1n) is 11.1. The molecule has 0 fully saturated rings. The number of carbonyl (C=O) groups is 1. The molecule has 0 aliphatic carbocycles. The van der Waals surface area contributed by atoms with Gasteiger partial charge < -0.3 is 18.8 Å². The van der Waals surface area contributed by atoms with E-state index in [1.54, 1.807) is 7.11 Å². The van der Waals surface area contributed by atoms with E-state index in [4.69, 9.17) is 14.2 Å². The van der Waals surface area contributed by atoms with Crippen LogP contribution in [0, 0.1) is 0 Å². The Balaban J connectivity index is 1.28. The van der Waals surface area contributed by atoms with Crippen molar-refractivity contribution in [2.75, 3.05) is 13.7 Å². The minimum absolute atomic E-state index is 0.147. The van der Waals surface area contributed by atoms with Crippen molar-refractivity contribution in [3.63, 3.8) is 0 Å². The van der Waals surface area contributed by atoms with Crippen LogP contribution in [-0.2, 0) is 47.0 Å². The van der Waals surface area contributed by atoms with Crippen LogP contribution in [0.25, 0.3) is 22.3 Å². The number of hydrogen-bond donors (Lipinski definition) is 0. The lowest BCUT2D eigenvalue weighted by Crippen LogP contribution is -2.16. The molecule has 3 heterocycles. The fourth-order valence-electron chi connectivity index (χ4n) is 4.22. The Morgan fingerprint density at radius 1 is 1.18 bits per heavy atom. The quantitative estimate of drug-likeness (QED) is 0.402. The molecule has 0 N–H and O–H groups in total. The van der Waals surface area contributed by atoms with Crippen molar-refractivity contribution in [1.29, 1.82) is 0 Å². The zero-order valence-electron chi connectivity index (χ0n) is 18.8. The van der Waals surface area contributed by atoms with E-state index in [-0.39, 0.29) is 19.0 Å². The van der Waals surface area contributed by atoms with Crippen LogP contribution in [0.1, 0.15) is 24.0 Å². The van der Waals surface area contributed by atoms with E-state index < -0.39 is 0 Å². The first-order valence-corrected chi connectivity index (χ1v) is 11.1. The molecule has 8 nitrogen and oxygen atoms in total. The van der Waals surface area contributed by atoms with Gasteiger partial charge in [-0.2, -0.15) is 5.10 Å². The van der Waals surface area contributed by atoms with Crippen molar-refractivity contribution in [2.45, 2.75) is 39.6 Å². The van der Waals surface area contributed by atoms with Gasteiger partial charge in [0.25, 0.3) is 0 Å². The van der Waals surface area contributed by atoms with Crippen molar-refractivity contribution in [1.82, 2.24) is 19.3 Å². The van der Waals surface area contributed by atoms with Gasteiger partial charge in [-0.25, -0.2) is 4.98 Å². The number of rotatable bonds is 7. The number of ether oxygens (including phenoxy) is 3. The number of imidazole rings is 1. The van der Waals surface area contributed by atoms with Gasteiger partial charge in [0.2, 0.25) is 0 Å². The Morgan fingerprint density at radius 2 is 2.06 bits per heavy atom. The smallest absolute Gasteiger partial charge is 0.312 e. The second-order valence-corrected chi connectivity index (χ2v) is 7.93. The van der Waals surface area contributed by atoms with Gasteiger partial charge in [-0.3, -0.25) is 9.48 Å². The predicted octanol–water partition coefficient (Wildman–Crippen LogP) is 3.74. The van der Waals surface area contributed by atoms with E-state index in [9.17, 15) is 4.79 Å². The number of methoxy groups -OCH3 is 1. The number of benzene rings is 2. The molecule has 0 unspecified atom stereocenters. The molecule has 8 heteroatoms. The van der Waals surface area contributed by atoms with Crippen LogP contribution in [-0.4, -0.2) is 39.0 Å². The molecular formula is C25H26N4O4. The number of nitrogens with zero attached hydrogens (tertiary/aromatic N) is 4. The minimum Gasteiger partial charge on any atom is -0.496 e. The average molecular weight is 447 g/mol. The molecule has 0 spiro atoms. The largest absolute Gasteiger partial charge is 0.496 e. The average Bonchev–Trinajstić information content (AvgIpc) is 3.43. The number of aryl methyl sites for hydroxylation is 1. The summed E-state index contributed by atoms with van der Waals surface area (Å²) in [6.45, 7) is 4.89. The zero-order valence-corrected chi connectivity index (χ0v) is 18.8. The van der Waals surface area contributed by atoms with E-state index in [1.165, 1.54) is 0 Å². The summed E-state index contributed by atoms with van der Waals surface area (Å²) in [5, 5.41) is 4.65. The fourth-order valence-corrected chi connectivity index (χ4v) is 4.22. The highest BCUT2D eigenvalue weighted by Crippen LogP contribution is 2.29. The molecule has 1 aliphatic rings. The Hall–Kier alpha value is -3.65. The van der Waals surface area contributed by atoms with Crippen molar-refractivity contribution >= 4 is 17.0 Å². The highest BCUT2D eigenvalue weighted by atomic mass is 16.5. The number of hydrogen-bond acceptors (Lipinski definition) is 6. The van der Waals surface area contributed by atoms with Gasteiger partial charge in [-0.05, 0) is 42.8 Å². The minimum atomic E-state index is -0.297. The summed E-state index contributed by atoms with van der Waals surface area (Å²) in [5.74, 6) is 1.38. The number of esters is 1. The van der Waals surface area contributed by atoms with E-state index in [0.717, 1.165) is 51.7 Å². The van der Waals surface area contributed by atoms with E-state index in [0.29, 0.717) is 19.8 Å². The Labute approximate surface area is 191 Å². The van der Waals surface area contributed by atoms with Crippen molar-refractivity contribution in [3.05, 3.63) is 65.6 Å². The SMILES string of the molecule is CCn1nc(-c2ccccc2OC)cc1CC(=O)OCc1ccc2c(c1)nc1n2CCOC1. The van der Waals surface area contributed by atoms with Gasteiger partial charge >= 0.3 is 5.97 Å². The van der Waals surface area contributed by atoms with Gasteiger partial charge in [0.15, 0.2) is 0 Å². The highest BCUT2D eigenvalue weighted by molar-refractivity contribution is 5.77. The molecule has 4 aromatic rings. The lowest BCUT2D eigenvalue weighted by molar-refractivity contribution is -0.144. The van der Waals surface area contributed by atoms with Crippen LogP contribution in [0.3, 0.4) is 0 Å². The first-order chi connectivity index (χ1) is 16.2. The topological polar surface area (TPSA) is 80.4 Å². The third-order valence-electron chi connectivity index (χ3n) is 5.85. The van der Waals surface area contributed by atoms with Gasteiger partial charge in [-0.15, -0.1) is 0 Å². The Kier molecular flexibility index (Phi) is 5.83. The highest BCUT2D eigenvalue weighted by Gasteiger charge is 2.17. The third-order valence-corrected chi connectivity index (χ3v) is 5.85. The van der Waals surface area contributed by atoms with Gasteiger partial charge in [0.05, 0.1) is 42.6 Å². The van der Waals surface area contributed by atoms with Crippen LogP contribution in [0.4, 0.5) is 0 Å². The molecule has 0 radical (unpaired) electrons. The van der Waals surface area contributed by atoms with E-state index in [1.807, 2.05) is 60.1 Å². The molecule has 0 saturated carbocycles. The monoisotopic (exact) mass is 446 g/mol. The lowest BCUT2D eigenvalue weighted by atomic mass is 10.1.